The van der Waals surface area contributed by atoms with Gasteiger partial charge in [0.25, 0.3) is 0 Å². The summed E-state index contributed by atoms with van der Waals surface area (Å²) in [6.45, 7) is 9.27. The molecule has 19 heavy (non-hydrogen) atoms. The molecule has 0 bridgehead atoms. The van der Waals surface area contributed by atoms with Crippen molar-refractivity contribution in [3.63, 3.8) is 0 Å². The van der Waals surface area contributed by atoms with E-state index >= 15 is 0 Å². The number of fused-ring (bicyclic) bond motifs is 1. The van der Waals surface area contributed by atoms with Gasteiger partial charge in [0.05, 0.1) is 11.2 Å². The Morgan fingerprint density at radius 1 is 1.26 bits per heavy atom. The summed E-state index contributed by atoms with van der Waals surface area (Å²) < 4.78 is 5.85. The zero-order chi connectivity index (χ0) is 14.1. The van der Waals surface area contributed by atoms with E-state index in [9.17, 15) is 5.11 Å². The Balaban J connectivity index is 2.12. The van der Waals surface area contributed by atoms with E-state index in [1.54, 1.807) is 21.3 Å². The summed E-state index contributed by atoms with van der Waals surface area (Å²) in [6.07, 6.45) is 1.02. The highest BCUT2D eigenvalue weighted by Crippen LogP contribution is 2.24. The van der Waals surface area contributed by atoms with Crippen LogP contribution in [-0.4, -0.2) is 30.3 Å². The highest BCUT2D eigenvalue weighted by Gasteiger charge is 2.35. The third-order valence-corrected chi connectivity index (χ3v) is 4.13. The summed E-state index contributed by atoms with van der Waals surface area (Å²) in [4.78, 5) is 0. The van der Waals surface area contributed by atoms with Crippen LogP contribution in [0.4, 0.5) is 0 Å². The molecule has 0 atom stereocenters. The molecule has 1 radical (unpaired) electrons. The first-order chi connectivity index (χ1) is 8.81. The molecule has 0 spiro atoms. The Hall–Kier alpha value is -0.835. The van der Waals surface area contributed by atoms with Gasteiger partial charge in [0.15, 0.2) is 0 Å². The van der Waals surface area contributed by atoms with Gasteiger partial charge in [-0.2, -0.15) is 0 Å². The summed E-state index contributed by atoms with van der Waals surface area (Å²) in [5, 5.41) is 13.5. The van der Waals surface area contributed by atoms with Crippen molar-refractivity contribution >= 4 is 12.9 Å². The molecular formula is C15H23BNO2. The second-order valence-electron chi connectivity index (χ2n) is 6.22. The van der Waals surface area contributed by atoms with Crippen LogP contribution in [0.25, 0.3) is 0 Å². The lowest BCUT2D eigenvalue weighted by Gasteiger charge is -2.37. The van der Waals surface area contributed by atoms with Crippen molar-refractivity contribution in [2.24, 2.45) is 0 Å². The molecule has 2 N–H and O–H groups in total. The number of hydrogen-bond donors (Lipinski definition) is 2. The van der Waals surface area contributed by atoms with Gasteiger partial charge < -0.3 is 15.1 Å². The van der Waals surface area contributed by atoms with Crippen LogP contribution in [0, 0.1) is 0 Å². The molecule has 1 aliphatic heterocycles. The molecule has 0 saturated heterocycles. The molecule has 0 saturated carbocycles. The van der Waals surface area contributed by atoms with Crippen molar-refractivity contribution < 1.29 is 9.76 Å². The first kappa shape index (κ1) is 14.6. The van der Waals surface area contributed by atoms with Crippen molar-refractivity contribution in [2.45, 2.75) is 51.9 Å². The van der Waals surface area contributed by atoms with Crippen molar-refractivity contribution in [3.8, 4) is 0 Å². The molecule has 0 aromatic heterocycles. The third kappa shape index (κ3) is 3.19. The number of rotatable bonds is 4. The van der Waals surface area contributed by atoms with E-state index < -0.39 is 11.2 Å². The van der Waals surface area contributed by atoms with Gasteiger partial charge in [-0.1, -0.05) is 18.2 Å². The SMILES string of the molecule is CC(C)(O)C(C)(C)O[B]c1cccc2c1CCNC2. The number of hydrogen-bond acceptors (Lipinski definition) is 3. The van der Waals surface area contributed by atoms with Gasteiger partial charge in [0.2, 0.25) is 0 Å². The Bertz CT molecular complexity index is 452. The third-order valence-electron chi connectivity index (χ3n) is 4.13. The summed E-state index contributed by atoms with van der Waals surface area (Å²) in [7, 11) is 1.79. The predicted octanol–water partition coefficient (Wildman–Crippen LogP) is 1.14. The Morgan fingerprint density at radius 3 is 2.68 bits per heavy atom. The van der Waals surface area contributed by atoms with Crippen molar-refractivity contribution in [2.75, 3.05) is 6.54 Å². The largest absolute Gasteiger partial charge is 0.427 e. The second-order valence-corrected chi connectivity index (χ2v) is 6.22. The van der Waals surface area contributed by atoms with Crippen molar-refractivity contribution in [1.82, 2.24) is 5.32 Å². The average molecular weight is 260 g/mol. The molecule has 4 heteroatoms. The van der Waals surface area contributed by atoms with Crippen molar-refractivity contribution in [3.05, 3.63) is 29.3 Å². The maximum Gasteiger partial charge on any atom is 0.331 e. The molecule has 1 aromatic carbocycles. The van der Waals surface area contributed by atoms with E-state index in [1.165, 1.54) is 11.1 Å². The van der Waals surface area contributed by atoms with E-state index in [-0.39, 0.29) is 0 Å². The smallest absolute Gasteiger partial charge is 0.331 e. The lowest BCUT2D eigenvalue weighted by molar-refractivity contribution is -0.0893. The summed E-state index contributed by atoms with van der Waals surface area (Å²) in [5.41, 5.74) is 2.30. The fourth-order valence-electron chi connectivity index (χ4n) is 2.03. The minimum Gasteiger partial charge on any atom is -0.427 e. The van der Waals surface area contributed by atoms with Gasteiger partial charge >= 0.3 is 7.48 Å². The van der Waals surface area contributed by atoms with Gasteiger partial charge in [-0.3, -0.25) is 0 Å². The molecule has 103 valence electrons. The minimum absolute atomic E-state index is 0.622. The van der Waals surface area contributed by atoms with Crippen LogP contribution in [-0.2, 0) is 17.6 Å². The maximum absolute atomic E-state index is 10.1. The lowest BCUT2D eigenvalue weighted by atomic mass is 9.77. The maximum atomic E-state index is 10.1. The van der Waals surface area contributed by atoms with E-state index in [0.29, 0.717) is 0 Å². The van der Waals surface area contributed by atoms with Crippen LogP contribution in [0.2, 0.25) is 0 Å². The fourth-order valence-corrected chi connectivity index (χ4v) is 2.03. The fraction of sp³-hybridized carbons (Fsp3) is 0.600. The number of aliphatic hydroxyl groups is 1. The van der Waals surface area contributed by atoms with E-state index in [1.807, 2.05) is 13.8 Å². The van der Waals surface area contributed by atoms with Crippen LogP contribution < -0.4 is 10.8 Å². The molecule has 0 amide bonds. The molecule has 0 aliphatic carbocycles. The highest BCUT2D eigenvalue weighted by molar-refractivity contribution is 6.47. The molecule has 3 nitrogen and oxygen atoms in total. The number of benzene rings is 1. The van der Waals surface area contributed by atoms with Gasteiger partial charge in [0.1, 0.15) is 0 Å². The molecule has 1 heterocycles. The zero-order valence-corrected chi connectivity index (χ0v) is 12.3. The number of nitrogens with one attached hydrogen (secondary N) is 1. The van der Waals surface area contributed by atoms with Gasteiger partial charge in [0, 0.05) is 6.54 Å². The van der Waals surface area contributed by atoms with Gasteiger partial charge in [-0.05, 0) is 57.3 Å². The highest BCUT2D eigenvalue weighted by atomic mass is 16.5. The average Bonchev–Trinajstić information content (AvgIpc) is 2.35. The Kier molecular flexibility index (Phi) is 4.04. The van der Waals surface area contributed by atoms with Crippen LogP contribution in [0.15, 0.2) is 18.2 Å². The van der Waals surface area contributed by atoms with Crippen LogP contribution in [0.1, 0.15) is 38.8 Å². The first-order valence-corrected chi connectivity index (χ1v) is 6.86. The lowest BCUT2D eigenvalue weighted by Crippen LogP contribution is -2.49. The van der Waals surface area contributed by atoms with E-state index in [2.05, 4.69) is 23.5 Å². The van der Waals surface area contributed by atoms with Gasteiger partial charge in [-0.15, -0.1) is 0 Å². The zero-order valence-electron chi connectivity index (χ0n) is 12.3. The summed E-state index contributed by atoms with van der Waals surface area (Å²) >= 11 is 0. The normalized spacial score (nSPS) is 16.1. The monoisotopic (exact) mass is 260 g/mol. The molecule has 1 aromatic rings. The topological polar surface area (TPSA) is 41.5 Å². The van der Waals surface area contributed by atoms with Crippen molar-refractivity contribution in [1.29, 1.82) is 0 Å². The molecule has 0 unspecified atom stereocenters. The standard InChI is InChI=1S/C15H23BNO2/c1-14(2,18)15(3,4)19-16-13-7-5-6-11-10-17-9-8-12(11)13/h5-7,17-18H,8-10H2,1-4H3. The second kappa shape index (κ2) is 5.27. The molecule has 2 rings (SSSR count). The molecular weight excluding hydrogens is 237 g/mol. The predicted molar refractivity (Wildman–Crippen MR) is 78.7 cm³/mol. The van der Waals surface area contributed by atoms with Crippen LogP contribution in [0.5, 0.6) is 0 Å². The van der Waals surface area contributed by atoms with E-state index in [0.717, 1.165) is 25.0 Å². The summed E-state index contributed by atoms with van der Waals surface area (Å²) in [5.74, 6) is 0. The van der Waals surface area contributed by atoms with Gasteiger partial charge in [-0.25, -0.2) is 0 Å². The Labute approximate surface area is 116 Å². The molecule has 1 aliphatic rings. The van der Waals surface area contributed by atoms with Crippen LogP contribution in [0.3, 0.4) is 0 Å². The first-order valence-electron chi connectivity index (χ1n) is 6.86. The molecule has 0 fully saturated rings. The summed E-state index contributed by atoms with van der Waals surface area (Å²) in [6, 6.07) is 6.28. The minimum atomic E-state index is -0.889. The van der Waals surface area contributed by atoms with E-state index in [4.69, 9.17) is 4.65 Å². The quantitative estimate of drug-likeness (QED) is 0.798. The van der Waals surface area contributed by atoms with Crippen LogP contribution >= 0.6 is 0 Å². The Morgan fingerprint density at radius 2 is 2.00 bits per heavy atom.